The van der Waals surface area contributed by atoms with Gasteiger partial charge in [-0.25, -0.2) is 0 Å². The standard InChI is InChI=1S/C22H40O4/c1-9-13(3)11-15(5)19-17(7)21(23)26-20(18(8)22(24)25-19)16(6)12-14(4)10-2/h13-20H,9-12H2,1-8H3/t13-,14-,15-,16-,17+,18+,19+,20+/m1/s1. The minimum Gasteiger partial charge on any atom is -0.461 e. The molecule has 0 aromatic rings. The Morgan fingerprint density at radius 2 is 1.04 bits per heavy atom. The van der Waals surface area contributed by atoms with E-state index >= 15 is 0 Å². The van der Waals surface area contributed by atoms with Gasteiger partial charge >= 0.3 is 11.9 Å². The first kappa shape index (κ1) is 23.0. The van der Waals surface area contributed by atoms with E-state index in [0.29, 0.717) is 11.8 Å². The second-order valence-electron chi connectivity index (χ2n) is 8.83. The molecule has 0 aliphatic carbocycles. The maximum absolute atomic E-state index is 12.7. The number of ether oxygens (including phenoxy) is 2. The number of esters is 2. The summed E-state index contributed by atoms with van der Waals surface area (Å²) in [6, 6.07) is 0. The molecule has 0 amide bonds. The number of hydrogen-bond donors (Lipinski definition) is 0. The molecule has 0 N–H and O–H groups in total. The third-order valence-corrected chi connectivity index (χ3v) is 6.30. The Labute approximate surface area is 160 Å². The van der Waals surface area contributed by atoms with Crippen molar-refractivity contribution in [3.05, 3.63) is 0 Å². The molecule has 0 aromatic carbocycles. The van der Waals surface area contributed by atoms with Gasteiger partial charge in [0, 0.05) is 0 Å². The molecule has 4 heteroatoms. The lowest BCUT2D eigenvalue weighted by Gasteiger charge is -2.37. The van der Waals surface area contributed by atoms with E-state index in [1.165, 1.54) is 0 Å². The number of cyclic esters (lactones) is 2. The van der Waals surface area contributed by atoms with Crippen LogP contribution in [-0.2, 0) is 19.1 Å². The molecule has 0 unspecified atom stereocenters. The van der Waals surface area contributed by atoms with Gasteiger partial charge in [0.25, 0.3) is 0 Å². The highest BCUT2D eigenvalue weighted by atomic mass is 16.6. The Morgan fingerprint density at radius 1 is 0.731 bits per heavy atom. The van der Waals surface area contributed by atoms with E-state index in [9.17, 15) is 9.59 Å². The smallest absolute Gasteiger partial charge is 0.312 e. The molecule has 0 radical (unpaired) electrons. The number of carbonyl (C=O) groups excluding carboxylic acids is 2. The summed E-state index contributed by atoms with van der Waals surface area (Å²) in [4.78, 5) is 25.5. The summed E-state index contributed by atoms with van der Waals surface area (Å²) in [6.45, 7) is 16.5. The van der Waals surface area contributed by atoms with Gasteiger partial charge in [-0.15, -0.1) is 0 Å². The van der Waals surface area contributed by atoms with E-state index in [1.807, 2.05) is 13.8 Å². The quantitative estimate of drug-likeness (QED) is 0.550. The Morgan fingerprint density at radius 3 is 1.31 bits per heavy atom. The molecule has 0 spiro atoms. The van der Waals surface area contributed by atoms with E-state index < -0.39 is 24.0 Å². The fourth-order valence-corrected chi connectivity index (χ4v) is 4.04. The van der Waals surface area contributed by atoms with Gasteiger partial charge in [0.1, 0.15) is 12.2 Å². The monoisotopic (exact) mass is 368 g/mol. The molecule has 1 aliphatic heterocycles. The summed E-state index contributed by atoms with van der Waals surface area (Å²) in [7, 11) is 0. The van der Waals surface area contributed by atoms with Gasteiger partial charge in [-0.2, -0.15) is 0 Å². The van der Waals surface area contributed by atoms with Crippen molar-refractivity contribution in [2.75, 3.05) is 0 Å². The zero-order valence-corrected chi connectivity index (χ0v) is 18.1. The second-order valence-corrected chi connectivity index (χ2v) is 8.83. The van der Waals surface area contributed by atoms with Crippen LogP contribution in [0.25, 0.3) is 0 Å². The summed E-state index contributed by atoms with van der Waals surface area (Å²) in [5.41, 5.74) is 0. The van der Waals surface area contributed by atoms with Crippen molar-refractivity contribution in [3.8, 4) is 0 Å². The molecular weight excluding hydrogens is 328 g/mol. The van der Waals surface area contributed by atoms with E-state index in [0.717, 1.165) is 25.7 Å². The van der Waals surface area contributed by atoms with Crippen molar-refractivity contribution in [2.24, 2.45) is 35.5 Å². The van der Waals surface area contributed by atoms with Gasteiger partial charge < -0.3 is 9.47 Å². The summed E-state index contributed by atoms with van der Waals surface area (Å²) < 4.78 is 11.7. The van der Waals surface area contributed by atoms with Crippen LogP contribution < -0.4 is 0 Å². The number of rotatable bonds is 8. The highest BCUT2D eigenvalue weighted by molar-refractivity contribution is 5.78. The summed E-state index contributed by atoms with van der Waals surface area (Å²) >= 11 is 0. The van der Waals surface area contributed by atoms with Crippen LogP contribution in [0.4, 0.5) is 0 Å². The van der Waals surface area contributed by atoms with Crippen LogP contribution in [-0.4, -0.2) is 24.1 Å². The number of carbonyl (C=O) groups is 2. The van der Waals surface area contributed by atoms with Crippen molar-refractivity contribution in [1.82, 2.24) is 0 Å². The predicted molar refractivity (Wildman–Crippen MR) is 105 cm³/mol. The van der Waals surface area contributed by atoms with Crippen LogP contribution in [0.2, 0.25) is 0 Å². The molecule has 4 nitrogen and oxygen atoms in total. The van der Waals surface area contributed by atoms with Gasteiger partial charge in [-0.3, -0.25) is 9.59 Å². The maximum atomic E-state index is 12.7. The number of hydrogen-bond acceptors (Lipinski definition) is 4. The molecule has 26 heavy (non-hydrogen) atoms. The third-order valence-electron chi connectivity index (χ3n) is 6.30. The topological polar surface area (TPSA) is 52.6 Å². The lowest BCUT2D eigenvalue weighted by Crippen LogP contribution is -2.47. The zero-order valence-electron chi connectivity index (χ0n) is 18.1. The SMILES string of the molecule is CC[C@@H](C)C[C@@H](C)[C@@H]1OC(=O)[C@@H](C)[C@H]([C@H](C)C[C@H](C)CC)OC(=O)[C@H]1C. The molecule has 0 aromatic heterocycles. The van der Waals surface area contributed by atoms with Gasteiger partial charge in [-0.1, -0.05) is 54.4 Å². The fourth-order valence-electron chi connectivity index (χ4n) is 4.04. The largest absolute Gasteiger partial charge is 0.461 e. The van der Waals surface area contributed by atoms with Gasteiger partial charge in [0.2, 0.25) is 0 Å². The van der Waals surface area contributed by atoms with Crippen LogP contribution in [0.1, 0.15) is 81.1 Å². The van der Waals surface area contributed by atoms with Crippen molar-refractivity contribution < 1.29 is 19.1 Å². The Hall–Kier alpha value is -1.06. The van der Waals surface area contributed by atoms with E-state index in [-0.39, 0.29) is 23.8 Å². The molecular formula is C22H40O4. The van der Waals surface area contributed by atoms with Crippen molar-refractivity contribution >= 4 is 11.9 Å². The molecule has 1 heterocycles. The van der Waals surface area contributed by atoms with Crippen LogP contribution in [0, 0.1) is 35.5 Å². The molecule has 152 valence electrons. The first-order valence-corrected chi connectivity index (χ1v) is 10.5. The Bertz CT molecular complexity index is 419. The average Bonchev–Trinajstić information content (AvgIpc) is 2.61. The lowest BCUT2D eigenvalue weighted by atomic mass is 9.83. The highest BCUT2D eigenvalue weighted by Crippen LogP contribution is 2.33. The third kappa shape index (κ3) is 5.99. The Kier molecular flexibility index (Phi) is 9.12. The molecule has 0 bridgehead atoms. The zero-order chi connectivity index (χ0) is 20.0. The van der Waals surface area contributed by atoms with Crippen molar-refractivity contribution in [3.63, 3.8) is 0 Å². The van der Waals surface area contributed by atoms with Gasteiger partial charge in [-0.05, 0) is 50.4 Å². The highest BCUT2D eigenvalue weighted by Gasteiger charge is 2.42. The first-order chi connectivity index (χ1) is 12.1. The lowest BCUT2D eigenvalue weighted by molar-refractivity contribution is -0.188. The van der Waals surface area contributed by atoms with Crippen LogP contribution >= 0.6 is 0 Å². The van der Waals surface area contributed by atoms with Gasteiger partial charge in [0.05, 0.1) is 11.8 Å². The minimum absolute atomic E-state index is 0.137. The molecule has 1 saturated heterocycles. The predicted octanol–water partition coefficient (Wildman–Crippen LogP) is 5.24. The summed E-state index contributed by atoms with van der Waals surface area (Å²) in [5, 5.41) is 0. The van der Waals surface area contributed by atoms with Crippen LogP contribution in [0.3, 0.4) is 0 Å². The molecule has 1 fully saturated rings. The normalized spacial score (nSPS) is 31.8. The fraction of sp³-hybridized carbons (Fsp3) is 0.909. The van der Waals surface area contributed by atoms with Crippen LogP contribution in [0.15, 0.2) is 0 Å². The molecule has 0 saturated carbocycles. The van der Waals surface area contributed by atoms with Gasteiger partial charge in [0.15, 0.2) is 0 Å². The van der Waals surface area contributed by atoms with E-state index in [2.05, 4.69) is 41.5 Å². The second kappa shape index (κ2) is 10.3. The van der Waals surface area contributed by atoms with Crippen LogP contribution in [0.5, 0.6) is 0 Å². The Balaban J connectivity index is 2.94. The van der Waals surface area contributed by atoms with Crippen molar-refractivity contribution in [1.29, 1.82) is 0 Å². The molecule has 8 atom stereocenters. The van der Waals surface area contributed by atoms with E-state index in [4.69, 9.17) is 9.47 Å². The maximum Gasteiger partial charge on any atom is 0.312 e. The summed E-state index contributed by atoms with van der Waals surface area (Å²) in [5.74, 6) is 0.0389. The first-order valence-electron chi connectivity index (χ1n) is 10.5. The minimum atomic E-state index is -0.427. The summed E-state index contributed by atoms with van der Waals surface area (Å²) in [6.07, 6.45) is 3.22. The molecule has 1 aliphatic rings. The van der Waals surface area contributed by atoms with E-state index in [1.54, 1.807) is 0 Å². The molecule has 1 rings (SSSR count). The van der Waals surface area contributed by atoms with Crippen molar-refractivity contribution in [2.45, 2.75) is 93.3 Å². The average molecular weight is 369 g/mol.